The van der Waals surface area contributed by atoms with Crippen molar-refractivity contribution in [3.05, 3.63) is 12.7 Å². The number of hydrogen-bond donors (Lipinski definition) is 4. The van der Waals surface area contributed by atoms with Gasteiger partial charge in [-0.25, -0.2) is 4.79 Å². The van der Waals surface area contributed by atoms with Crippen molar-refractivity contribution < 1.29 is 51.2 Å². The van der Waals surface area contributed by atoms with E-state index in [1.807, 2.05) is 0 Å². The second kappa shape index (κ2) is 18.9. The molecule has 0 heterocycles. The molecule has 0 aromatic rings. The Hall–Kier alpha value is -3.53. The summed E-state index contributed by atoms with van der Waals surface area (Å²) in [6.07, 6.45) is 0.328. The molecule has 0 aromatic carbocycles. The van der Waals surface area contributed by atoms with Crippen LogP contribution < -0.4 is 16.0 Å². The lowest BCUT2D eigenvalue weighted by Gasteiger charge is -2.26. The molecule has 246 valence electrons. The smallest absolute Gasteiger partial charge is 0.328 e. The van der Waals surface area contributed by atoms with E-state index in [2.05, 4.69) is 22.5 Å². The zero-order valence-corrected chi connectivity index (χ0v) is 26.6. The predicted molar refractivity (Wildman–Crippen MR) is 156 cm³/mol. The van der Waals surface area contributed by atoms with Gasteiger partial charge in [-0.15, -0.1) is 0 Å². The lowest BCUT2D eigenvalue weighted by atomic mass is 10.0. The first-order valence-corrected chi connectivity index (χ1v) is 15.4. The lowest BCUT2D eigenvalue weighted by Crippen LogP contribution is -2.54. The maximum absolute atomic E-state index is 12.8. The van der Waals surface area contributed by atoms with Crippen molar-refractivity contribution >= 4 is 45.7 Å². The first-order chi connectivity index (χ1) is 19.8. The molecule has 16 heteroatoms. The highest BCUT2D eigenvalue weighted by Gasteiger charge is 2.29. The van der Waals surface area contributed by atoms with Gasteiger partial charge in [0.2, 0.25) is 23.6 Å². The summed E-state index contributed by atoms with van der Waals surface area (Å²) in [7, 11) is -4.26. The van der Waals surface area contributed by atoms with E-state index in [0.29, 0.717) is 0 Å². The second-order valence-corrected chi connectivity index (χ2v) is 12.6. The zero-order valence-electron chi connectivity index (χ0n) is 25.8. The van der Waals surface area contributed by atoms with Gasteiger partial charge in [-0.2, -0.15) is 8.42 Å². The van der Waals surface area contributed by atoms with Crippen LogP contribution in [-0.4, -0.2) is 103 Å². The fourth-order valence-corrected chi connectivity index (χ4v) is 3.73. The van der Waals surface area contributed by atoms with Crippen LogP contribution in [0, 0.1) is 5.92 Å². The van der Waals surface area contributed by atoms with Crippen molar-refractivity contribution in [2.45, 2.75) is 84.9 Å². The Morgan fingerprint density at radius 3 is 2.07 bits per heavy atom. The third kappa shape index (κ3) is 19.3. The van der Waals surface area contributed by atoms with Gasteiger partial charge in [0.1, 0.15) is 24.3 Å². The molecule has 0 aliphatic rings. The molecular formula is C27H46N4O11S. The minimum Gasteiger partial charge on any atom is -0.461 e. The lowest BCUT2D eigenvalue weighted by molar-refractivity contribution is -0.158. The topological polar surface area (TPSA) is 215 Å². The Kier molecular flexibility index (Phi) is 17.3. The van der Waals surface area contributed by atoms with Crippen molar-refractivity contribution in [2.75, 3.05) is 32.0 Å². The Balaban J connectivity index is 5.25. The molecule has 0 rings (SSSR count). The highest BCUT2D eigenvalue weighted by molar-refractivity contribution is 7.85. The summed E-state index contributed by atoms with van der Waals surface area (Å²) in [6.45, 7) is 12.8. The van der Waals surface area contributed by atoms with E-state index in [0.717, 1.165) is 0 Å². The maximum Gasteiger partial charge on any atom is 0.328 e. The third-order valence-electron chi connectivity index (χ3n) is 5.54. The molecule has 0 aliphatic heterocycles. The molecular weight excluding hydrogens is 588 g/mol. The third-order valence-corrected chi connectivity index (χ3v) is 6.26. The van der Waals surface area contributed by atoms with Gasteiger partial charge in [-0.3, -0.25) is 28.5 Å². The molecule has 0 saturated carbocycles. The Bertz CT molecular complexity index is 1100. The number of rotatable bonds is 19. The number of nitrogens with zero attached hydrogens (tertiary/aromatic N) is 1. The van der Waals surface area contributed by atoms with Crippen LogP contribution in [0.4, 0.5) is 0 Å². The molecule has 0 aliphatic carbocycles. The second-order valence-electron chi connectivity index (χ2n) is 11.0. The van der Waals surface area contributed by atoms with Crippen LogP contribution >= 0.6 is 0 Å². The molecule has 0 aromatic heterocycles. The van der Waals surface area contributed by atoms with Gasteiger partial charge in [0, 0.05) is 38.9 Å². The summed E-state index contributed by atoms with van der Waals surface area (Å²) in [4.78, 5) is 75.8. The molecule has 2 unspecified atom stereocenters. The Morgan fingerprint density at radius 2 is 1.53 bits per heavy atom. The largest absolute Gasteiger partial charge is 0.461 e. The monoisotopic (exact) mass is 634 g/mol. The molecule has 0 bridgehead atoms. The SMILES string of the molecule is C=CCOC(=O)CCN(CCC(=O)NC(C(=O)NC(C)C(=O)OC(C)(C)C)C(C)C)C(=O)CCC(=O)NCCS(=O)(=O)O. The summed E-state index contributed by atoms with van der Waals surface area (Å²) >= 11 is 0. The van der Waals surface area contributed by atoms with Gasteiger partial charge >= 0.3 is 11.9 Å². The van der Waals surface area contributed by atoms with Crippen molar-refractivity contribution in [3.8, 4) is 0 Å². The molecule has 0 spiro atoms. The standard InChI is InChI=1S/C27H46N4O11S/c1-8-16-41-23(35)12-15-31(22(34)10-9-20(32)28-13-17-43(38,39)40)14-11-21(33)30-24(18(2)3)25(36)29-19(4)26(37)42-27(5,6)7/h8,18-19,24H,1,9-17H2,2-7H3,(H,28,32)(H,29,36)(H,30,33)(H,38,39,40). The van der Waals surface area contributed by atoms with Gasteiger partial charge in [0.25, 0.3) is 10.1 Å². The summed E-state index contributed by atoms with van der Waals surface area (Å²) in [6, 6.07) is -1.97. The molecule has 4 amide bonds. The summed E-state index contributed by atoms with van der Waals surface area (Å²) < 4.78 is 40.5. The molecule has 0 saturated heterocycles. The summed E-state index contributed by atoms with van der Waals surface area (Å²) in [5, 5.41) is 7.41. The maximum atomic E-state index is 12.8. The minimum absolute atomic E-state index is 0.0237. The van der Waals surface area contributed by atoms with Gasteiger partial charge in [-0.1, -0.05) is 26.5 Å². The van der Waals surface area contributed by atoms with Crippen LogP contribution in [0.25, 0.3) is 0 Å². The van der Waals surface area contributed by atoms with Crippen LogP contribution in [0.15, 0.2) is 12.7 Å². The molecule has 2 atom stereocenters. The first-order valence-electron chi connectivity index (χ1n) is 13.8. The summed E-state index contributed by atoms with van der Waals surface area (Å²) in [5.74, 6) is -4.65. The average Bonchev–Trinajstić information content (AvgIpc) is 2.87. The number of esters is 2. The zero-order chi connectivity index (χ0) is 33.4. The van der Waals surface area contributed by atoms with E-state index in [4.69, 9.17) is 14.0 Å². The normalized spacial score (nSPS) is 12.8. The Labute approximate surface area is 253 Å². The van der Waals surface area contributed by atoms with Crippen LogP contribution in [0.3, 0.4) is 0 Å². The Morgan fingerprint density at radius 1 is 0.930 bits per heavy atom. The highest BCUT2D eigenvalue weighted by Crippen LogP contribution is 2.10. The van der Waals surface area contributed by atoms with Crippen LogP contribution in [0.2, 0.25) is 0 Å². The van der Waals surface area contributed by atoms with E-state index >= 15 is 0 Å². The minimum atomic E-state index is -4.26. The fraction of sp³-hybridized carbons (Fsp3) is 0.704. The number of carbonyl (C=O) groups is 6. The molecule has 0 fully saturated rings. The number of carbonyl (C=O) groups excluding carboxylic acids is 6. The van der Waals surface area contributed by atoms with E-state index in [-0.39, 0.29) is 57.8 Å². The number of ether oxygens (including phenoxy) is 2. The van der Waals surface area contributed by atoms with Crippen LogP contribution in [-0.2, 0) is 48.4 Å². The quantitative estimate of drug-likeness (QED) is 0.0849. The van der Waals surface area contributed by atoms with Gasteiger partial charge < -0.3 is 30.3 Å². The van der Waals surface area contributed by atoms with Crippen LogP contribution in [0.5, 0.6) is 0 Å². The average molecular weight is 635 g/mol. The van der Waals surface area contributed by atoms with E-state index in [1.165, 1.54) is 17.9 Å². The summed E-state index contributed by atoms with van der Waals surface area (Å²) in [5.41, 5.74) is -0.750. The molecule has 0 radical (unpaired) electrons. The van der Waals surface area contributed by atoms with Gasteiger partial charge in [-0.05, 0) is 33.6 Å². The first kappa shape index (κ1) is 39.5. The number of nitrogens with one attached hydrogen (secondary N) is 3. The van der Waals surface area contributed by atoms with Crippen molar-refractivity contribution in [3.63, 3.8) is 0 Å². The fourth-order valence-electron chi connectivity index (χ4n) is 3.37. The van der Waals surface area contributed by atoms with Crippen LogP contribution in [0.1, 0.15) is 67.2 Å². The van der Waals surface area contributed by atoms with E-state index < -0.39 is 69.1 Å². The van der Waals surface area contributed by atoms with Crippen molar-refractivity contribution in [1.29, 1.82) is 0 Å². The van der Waals surface area contributed by atoms with Gasteiger partial charge in [0.15, 0.2) is 0 Å². The van der Waals surface area contributed by atoms with Crippen molar-refractivity contribution in [2.24, 2.45) is 5.92 Å². The number of hydrogen-bond acceptors (Lipinski definition) is 10. The predicted octanol–water partition coefficient (Wildman–Crippen LogP) is 0.0958. The van der Waals surface area contributed by atoms with E-state index in [1.54, 1.807) is 34.6 Å². The molecule has 43 heavy (non-hydrogen) atoms. The molecule has 15 nitrogen and oxygen atoms in total. The number of amides is 4. The van der Waals surface area contributed by atoms with Gasteiger partial charge in [0.05, 0.1) is 12.2 Å². The van der Waals surface area contributed by atoms with Crippen molar-refractivity contribution in [1.82, 2.24) is 20.9 Å². The highest BCUT2D eigenvalue weighted by atomic mass is 32.2. The molecule has 4 N–H and O–H groups in total. The van der Waals surface area contributed by atoms with E-state index in [9.17, 15) is 37.2 Å².